The Bertz CT molecular complexity index is 272. The summed E-state index contributed by atoms with van der Waals surface area (Å²) in [5, 5.41) is 17.9. The third kappa shape index (κ3) is 3.22. The number of thioether (sulfide) groups is 1. The molecule has 1 aromatic carbocycles. The average molecular weight is 196 g/mol. The van der Waals surface area contributed by atoms with E-state index in [-0.39, 0.29) is 6.61 Å². The highest BCUT2D eigenvalue weighted by Crippen LogP contribution is 2.26. The molecular weight excluding hydrogens is 184 g/mol. The van der Waals surface area contributed by atoms with Crippen molar-refractivity contribution in [3.8, 4) is 0 Å². The van der Waals surface area contributed by atoms with Crippen molar-refractivity contribution in [2.75, 3.05) is 6.61 Å². The average Bonchev–Trinajstić information content (AvgIpc) is 2.18. The molecule has 2 N–H and O–H groups in total. The maximum absolute atomic E-state index is 9.22. The molecule has 0 spiro atoms. The van der Waals surface area contributed by atoms with E-state index in [0.717, 1.165) is 4.90 Å². The Balaban J connectivity index is 2.55. The number of benzene rings is 1. The van der Waals surface area contributed by atoms with Crippen LogP contribution in [0.1, 0.15) is 0 Å². The van der Waals surface area contributed by atoms with Crippen LogP contribution in [0.5, 0.6) is 0 Å². The van der Waals surface area contributed by atoms with Gasteiger partial charge in [0.2, 0.25) is 0 Å². The van der Waals surface area contributed by atoms with Crippen molar-refractivity contribution >= 4 is 11.8 Å². The Morgan fingerprint density at radius 2 is 2.00 bits per heavy atom. The van der Waals surface area contributed by atoms with Gasteiger partial charge in [-0.3, -0.25) is 0 Å². The molecule has 0 amide bonds. The quantitative estimate of drug-likeness (QED) is 0.719. The summed E-state index contributed by atoms with van der Waals surface area (Å²) >= 11 is 1.37. The van der Waals surface area contributed by atoms with Gasteiger partial charge in [-0.05, 0) is 12.1 Å². The van der Waals surface area contributed by atoms with Crippen LogP contribution in [0.2, 0.25) is 0 Å². The van der Waals surface area contributed by atoms with Crippen molar-refractivity contribution in [2.24, 2.45) is 0 Å². The molecule has 0 bridgehead atoms. The van der Waals surface area contributed by atoms with Crippen molar-refractivity contribution in [1.29, 1.82) is 0 Å². The molecule has 2 nitrogen and oxygen atoms in total. The van der Waals surface area contributed by atoms with Crippen LogP contribution in [0.4, 0.5) is 0 Å². The van der Waals surface area contributed by atoms with Gasteiger partial charge in [0.05, 0.1) is 6.61 Å². The van der Waals surface area contributed by atoms with Gasteiger partial charge < -0.3 is 10.2 Å². The summed E-state index contributed by atoms with van der Waals surface area (Å²) in [4.78, 5) is 1.58. The summed E-state index contributed by atoms with van der Waals surface area (Å²) < 4.78 is 0. The van der Waals surface area contributed by atoms with Gasteiger partial charge in [-0.25, -0.2) is 0 Å². The van der Waals surface area contributed by atoms with E-state index in [1.165, 1.54) is 11.8 Å². The second kappa shape index (κ2) is 5.07. The predicted molar refractivity (Wildman–Crippen MR) is 54.5 cm³/mol. The van der Waals surface area contributed by atoms with Gasteiger partial charge in [0, 0.05) is 9.80 Å². The molecule has 0 saturated carbocycles. The molecule has 0 aliphatic carbocycles. The van der Waals surface area contributed by atoms with E-state index < -0.39 is 6.10 Å². The summed E-state index contributed by atoms with van der Waals surface area (Å²) in [6, 6.07) is 9.62. The molecule has 0 aliphatic rings. The van der Waals surface area contributed by atoms with Crippen LogP contribution in [0.3, 0.4) is 0 Å². The molecule has 0 aliphatic heterocycles. The molecule has 3 heteroatoms. The summed E-state index contributed by atoms with van der Waals surface area (Å²) in [5.74, 6) is 0. The standard InChI is InChI=1S/C10H12O2S/c1-8(10(12)7-11)13-9-5-3-2-4-6-9/h2-6,10-12H,1,7H2. The Morgan fingerprint density at radius 3 is 2.54 bits per heavy atom. The predicted octanol–water partition coefficient (Wildman–Crippen LogP) is 1.65. The Morgan fingerprint density at radius 1 is 1.38 bits per heavy atom. The van der Waals surface area contributed by atoms with E-state index in [1.807, 2.05) is 30.3 Å². The van der Waals surface area contributed by atoms with Crippen molar-refractivity contribution < 1.29 is 10.2 Å². The van der Waals surface area contributed by atoms with E-state index in [0.29, 0.717) is 4.91 Å². The van der Waals surface area contributed by atoms with Crippen molar-refractivity contribution in [3.05, 3.63) is 41.8 Å². The first-order chi connectivity index (χ1) is 6.24. The lowest BCUT2D eigenvalue weighted by Crippen LogP contribution is -2.12. The highest BCUT2D eigenvalue weighted by molar-refractivity contribution is 8.03. The van der Waals surface area contributed by atoms with Gasteiger partial charge in [0.1, 0.15) is 6.10 Å². The van der Waals surface area contributed by atoms with Crippen LogP contribution in [0.15, 0.2) is 46.7 Å². The molecule has 0 fully saturated rings. The first-order valence-electron chi connectivity index (χ1n) is 3.94. The number of hydrogen-bond donors (Lipinski definition) is 2. The zero-order valence-corrected chi connectivity index (χ0v) is 8.00. The summed E-state index contributed by atoms with van der Waals surface area (Å²) in [6.45, 7) is 3.39. The third-order valence-corrected chi connectivity index (χ3v) is 2.58. The normalized spacial score (nSPS) is 12.5. The minimum atomic E-state index is -0.842. The van der Waals surface area contributed by atoms with Crippen LogP contribution in [0.25, 0.3) is 0 Å². The maximum Gasteiger partial charge on any atom is 0.108 e. The lowest BCUT2D eigenvalue weighted by molar-refractivity contribution is 0.129. The van der Waals surface area contributed by atoms with Gasteiger partial charge in [-0.2, -0.15) is 0 Å². The molecule has 1 rings (SSSR count). The van der Waals surface area contributed by atoms with E-state index in [2.05, 4.69) is 6.58 Å². The highest BCUT2D eigenvalue weighted by atomic mass is 32.2. The van der Waals surface area contributed by atoms with Crippen LogP contribution >= 0.6 is 11.8 Å². The summed E-state index contributed by atoms with van der Waals surface area (Å²) in [6.07, 6.45) is -0.842. The first-order valence-corrected chi connectivity index (χ1v) is 4.76. The molecule has 1 atom stereocenters. The first kappa shape index (κ1) is 10.3. The molecule has 70 valence electrons. The zero-order chi connectivity index (χ0) is 9.68. The second-order valence-electron chi connectivity index (χ2n) is 2.58. The van der Waals surface area contributed by atoms with Gasteiger partial charge in [0.15, 0.2) is 0 Å². The lowest BCUT2D eigenvalue weighted by Gasteiger charge is -2.09. The van der Waals surface area contributed by atoms with Crippen LogP contribution in [0, 0.1) is 0 Å². The lowest BCUT2D eigenvalue weighted by atomic mass is 10.4. The molecule has 0 saturated heterocycles. The van der Waals surface area contributed by atoms with Gasteiger partial charge >= 0.3 is 0 Å². The summed E-state index contributed by atoms with van der Waals surface area (Å²) in [7, 11) is 0. The fourth-order valence-corrected chi connectivity index (χ4v) is 1.62. The topological polar surface area (TPSA) is 40.5 Å². The fraction of sp³-hybridized carbons (Fsp3) is 0.200. The number of aliphatic hydroxyl groups excluding tert-OH is 2. The van der Waals surface area contributed by atoms with E-state index in [4.69, 9.17) is 5.11 Å². The Labute approximate surface area is 81.9 Å². The minimum Gasteiger partial charge on any atom is -0.393 e. The van der Waals surface area contributed by atoms with Crippen LogP contribution in [-0.2, 0) is 0 Å². The maximum atomic E-state index is 9.22. The third-order valence-electron chi connectivity index (χ3n) is 1.54. The van der Waals surface area contributed by atoms with E-state index >= 15 is 0 Å². The number of aliphatic hydroxyl groups is 2. The monoisotopic (exact) mass is 196 g/mol. The van der Waals surface area contributed by atoms with Crippen molar-refractivity contribution in [2.45, 2.75) is 11.0 Å². The zero-order valence-electron chi connectivity index (χ0n) is 7.18. The molecule has 1 unspecified atom stereocenters. The smallest absolute Gasteiger partial charge is 0.108 e. The number of hydrogen-bond acceptors (Lipinski definition) is 3. The van der Waals surface area contributed by atoms with Crippen molar-refractivity contribution in [3.63, 3.8) is 0 Å². The van der Waals surface area contributed by atoms with E-state index in [9.17, 15) is 5.11 Å². The van der Waals surface area contributed by atoms with Crippen LogP contribution < -0.4 is 0 Å². The van der Waals surface area contributed by atoms with Crippen LogP contribution in [-0.4, -0.2) is 22.9 Å². The molecule has 0 heterocycles. The molecular formula is C10H12O2S. The SMILES string of the molecule is C=C(Sc1ccccc1)C(O)CO. The van der Waals surface area contributed by atoms with Gasteiger partial charge in [-0.1, -0.05) is 36.5 Å². The van der Waals surface area contributed by atoms with Gasteiger partial charge in [0.25, 0.3) is 0 Å². The molecule has 1 aromatic rings. The highest BCUT2D eigenvalue weighted by Gasteiger charge is 2.07. The molecule has 13 heavy (non-hydrogen) atoms. The molecule has 0 aromatic heterocycles. The Hall–Kier alpha value is -0.770. The van der Waals surface area contributed by atoms with Gasteiger partial charge in [-0.15, -0.1) is 0 Å². The largest absolute Gasteiger partial charge is 0.393 e. The van der Waals surface area contributed by atoms with E-state index in [1.54, 1.807) is 0 Å². The Kier molecular flexibility index (Phi) is 4.02. The number of rotatable bonds is 4. The molecule has 0 radical (unpaired) electrons. The minimum absolute atomic E-state index is 0.279. The summed E-state index contributed by atoms with van der Waals surface area (Å²) in [5.41, 5.74) is 0. The second-order valence-corrected chi connectivity index (χ2v) is 3.78. The van der Waals surface area contributed by atoms with Crippen molar-refractivity contribution in [1.82, 2.24) is 0 Å². The fourth-order valence-electron chi connectivity index (χ4n) is 0.810.